The Bertz CT molecular complexity index is 1780. The highest BCUT2D eigenvalue weighted by molar-refractivity contribution is 6.02. The zero-order chi connectivity index (χ0) is 33.5. The second-order valence-corrected chi connectivity index (χ2v) is 14.2. The summed E-state index contributed by atoms with van der Waals surface area (Å²) in [5, 5.41) is 7.62. The Hall–Kier alpha value is -4.87. The van der Waals surface area contributed by atoms with Crippen LogP contribution in [0.15, 0.2) is 53.2 Å². The van der Waals surface area contributed by atoms with Crippen LogP contribution < -0.4 is 5.32 Å². The van der Waals surface area contributed by atoms with Gasteiger partial charge in [-0.2, -0.15) is 0 Å². The third-order valence-electron chi connectivity index (χ3n) is 8.22. The zero-order valence-electron chi connectivity index (χ0n) is 27.8. The van der Waals surface area contributed by atoms with Crippen LogP contribution in [0.1, 0.15) is 79.1 Å². The van der Waals surface area contributed by atoms with Crippen molar-refractivity contribution in [2.45, 2.75) is 90.5 Å². The number of aromatic amines is 1. The number of amides is 3. The van der Waals surface area contributed by atoms with Gasteiger partial charge in [0, 0.05) is 13.1 Å². The summed E-state index contributed by atoms with van der Waals surface area (Å²) < 4.78 is 16.7. The van der Waals surface area contributed by atoms with Crippen molar-refractivity contribution in [3.8, 4) is 22.4 Å². The quantitative estimate of drug-likeness (QED) is 0.231. The molecule has 0 saturated carbocycles. The van der Waals surface area contributed by atoms with Gasteiger partial charge in [-0.15, -0.1) is 0 Å². The fourth-order valence-corrected chi connectivity index (χ4v) is 6.07. The average Bonchev–Trinajstić information content (AvgIpc) is 3.81. The minimum absolute atomic E-state index is 0.150. The highest BCUT2D eigenvalue weighted by Crippen LogP contribution is 2.34. The van der Waals surface area contributed by atoms with Crippen LogP contribution in [0.2, 0.25) is 0 Å². The molecule has 2 saturated heterocycles. The summed E-state index contributed by atoms with van der Waals surface area (Å²) in [6.45, 7) is 12.1. The molecular formula is C35H42N6O6. The van der Waals surface area contributed by atoms with Gasteiger partial charge in [-0.3, -0.25) is 14.6 Å². The number of likely N-dealkylation sites (tertiary alicyclic amines) is 2. The minimum Gasteiger partial charge on any atom is -0.444 e. The number of ether oxygens (including phenoxy) is 2. The smallest absolute Gasteiger partial charge is 0.410 e. The van der Waals surface area contributed by atoms with E-state index in [4.69, 9.17) is 14.0 Å². The van der Waals surface area contributed by atoms with Crippen molar-refractivity contribution in [3.63, 3.8) is 0 Å². The fourth-order valence-electron chi connectivity index (χ4n) is 6.07. The molecule has 248 valence electrons. The van der Waals surface area contributed by atoms with Crippen molar-refractivity contribution >= 4 is 34.9 Å². The molecular weight excluding hydrogens is 600 g/mol. The summed E-state index contributed by atoms with van der Waals surface area (Å²) in [7, 11) is 0. The normalized spacial score (nSPS) is 18.5. The summed E-state index contributed by atoms with van der Waals surface area (Å²) in [5.74, 6) is 0.734. The number of aromatic nitrogens is 3. The maximum atomic E-state index is 13.2. The molecule has 0 bridgehead atoms. The Kier molecular flexibility index (Phi) is 8.46. The molecule has 0 unspecified atom stereocenters. The molecule has 2 fully saturated rings. The Morgan fingerprint density at radius 2 is 1.47 bits per heavy atom. The molecule has 12 heteroatoms. The Labute approximate surface area is 273 Å². The molecule has 2 atom stereocenters. The molecule has 0 spiro atoms. The summed E-state index contributed by atoms with van der Waals surface area (Å²) in [6.07, 6.45) is 3.96. The molecule has 2 aromatic heterocycles. The lowest BCUT2D eigenvalue weighted by molar-refractivity contribution is -0.120. The molecule has 6 rings (SSSR count). The Morgan fingerprint density at radius 3 is 2.17 bits per heavy atom. The molecule has 3 amide bonds. The average molecular weight is 643 g/mol. The SMILES string of the molecule is CC(C)(C)OC(=O)N1CCC[C@H]1C(=O)Nc1noc2cc(-c3ccc(-c4cnc([C@@H]5CCCN5C(=O)OC(C)(C)C)[nH]4)cc3)ccc12. The Balaban J connectivity index is 1.12. The van der Waals surface area contributed by atoms with Gasteiger partial charge < -0.3 is 24.3 Å². The van der Waals surface area contributed by atoms with Crippen LogP contribution in [0.5, 0.6) is 0 Å². The predicted molar refractivity (Wildman–Crippen MR) is 177 cm³/mol. The Morgan fingerprint density at radius 1 is 0.851 bits per heavy atom. The van der Waals surface area contributed by atoms with Crippen LogP contribution in [0.3, 0.4) is 0 Å². The van der Waals surface area contributed by atoms with Gasteiger partial charge in [0.25, 0.3) is 0 Å². The van der Waals surface area contributed by atoms with E-state index < -0.39 is 23.3 Å². The van der Waals surface area contributed by atoms with Gasteiger partial charge in [-0.25, -0.2) is 14.6 Å². The number of carbonyl (C=O) groups is 3. The van der Waals surface area contributed by atoms with Crippen molar-refractivity contribution in [1.29, 1.82) is 0 Å². The zero-order valence-corrected chi connectivity index (χ0v) is 27.8. The topological polar surface area (TPSA) is 143 Å². The summed E-state index contributed by atoms with van der Waals surface area (Å²) in [6, 6.07) is 13.0. The van der Waals surface area contributed by atoms with E-state index in [-0.39, 0.29) is 18.0 Å². The third-order valence-corrected chi connectivity index (χ3v) is 8.22. The van der Waals surface area contributed by atoms with E-state index in [9.17, 15) is 14.4 Å². The molecule has 4 heterocycles. The number of nitrogens with one attached hydrogen (secondary N) is 2. The highest BCUT2D eigenvalue weighted by Gasteiger charge is 2.37. The first-order chi connectivity index (χ1) is 22.3. The van der Waals surface area contributed by atoms with Crippen LogP contribution in [-0.4, -0.2) is 73.4 Å². The molecule has 0 aliphatic carbocycles. The molecule has 2 N–H and O–H groups in total. The molecule has 2 aliphatic rings. The fraction of sp³-hybridized carbons (Fsp3) is 0.457. The number of benzene rings is 2. The van der Waals surface area contributed by atoms with Gasteiger partial charge >= 0.3 is 12.2 Å². The summed E-state index contributed by atoms with van der Waals surface area (Å²) in [5.41, 5.74) is 3.05. The van der Waals surface area contributed by atoms with Crippen molar-refractivity contribution < 1.29 is 28.4 Å². The van der Waals surface area contributed by atoms with Gasteiger partial charge in [0.2, 0.25) is 5.91 Å². The van der Waals surface area contributed by atoms with Crippen molar-refractivity contribution in [1.82, 2.24) is 24.9 Å². The van der Waals surface area contributed by atoms with E-state index in [0.29, 0.717) is 42.7 Å². The van der Waals surface area contributed by atoms with Gasteiger partial charge in [0.05, 0.1) is 23.3 Å². The van der Waals surface area contributed by atoms with E-state index in [0.717, 1.165) is 41.1 Å². The van der Waals surface area contributed by atoms with E-state index in [2.05, 4.69) is 20.4 Å². The number of imidazole rings is 1. The number of nitrogens with zero attached hydrogens (tertiary/aromatic N) is 4. The molecule has 47 heavy (non-hydrogen) atoms. The number of hydrogen-bond acceptors (Lipinski definition) is 8. The van der Waals surface area contributed by atoms with E-state index in [1.54, 1.807) is 31.9 Å². The van der Waals surface area contributed by atoms with Gasteiger partial charge in [-0.05, 0) is 96.0 Å². The molecule has 4 aromatic rings. The first-order valence-corrected chi connectivity index (χ1v) is 16.1. The van der Waals surface area contributed by atoms with Crippen LogP contribution in [-0.2, 0) is 14.3 Å². The van der Waals surface area contributed by atoms with Crippen LogP contribution in [0, 0.1) is 0 Å². The molecule has 12 nitrogen and oxygen atoms in total. The first-order valence-electron chi connectivity index (χ1n) is 16.1. The molecule has 2 aliphatic heterocycles. The van der Waals surface area contributed by atoms with Crippen LogP contribution in [0.4, 0.5) is 15.4 Å². The van der Waals surface area contributed by atoms with Crippen molar-refractivity contribution in [3.05, 3.63) is 54.5 Å². The number of carbonyl (C=O) groups excluding carboxylic acids is 3. The van der Waals surface area contributed by atoms with E-state index >= 15 is 0 Å². The second-order valence-electron chi connectivity index (χ2n) is 14.2. The van der Waals surface area contributed by atoms with Crippen molar-refractivity contribution in [2.75, 3.05) is 18.4 Å². The summed E-state index contributed by atoms with van der Waals surface area (Å²) in [4.78, 5) is 49.9. The summed E-state index contributed by atoms with van der Waals surface area (Å²) >= 11 is 0. The first kappa shape index (κ1) is 32.1. The lowest BCUT2D eigenvalue weighted by atomic mass is 10.0. The number of H-pyrrole nitrogens is 1. The monoisotopic (exact) mass is 642 g/mol. The molecule has 0 radical (unpaired) electrons. The second kappa shape index (κ2) is 12.4. The maximum Gasteiger partial charge on any atom is 0.410 e. The van der Waals surface area contributed by atoms with E-state index in [1.807, 2.05) is 63.2 Å². The third kappa shape index (κ3) is 7.11. The maximum absolute atomic E-state index is 13.2. The highest BCUT2D eigenvalue weighted by atomic mass is 16.6. The standard InChI is InChI=1S/C35H42N6O6/c1-34(2,3)45-32(43)40-17-7-9-26(40)30-36-20-25(37-30)22-13-11-21(12-14-22)23-15-16-24-28(19-23)47-39-29(24)38-31(42)27-10-8-18-41(27)33(44)46-35(4,5)6/h11-16,19-20,26-27H,7-10,17-18H2,1-6H3,(H,36,37)(H,38,39,42)/t26-,27-/m0/s1. The van der Waals surface area contributed by atoms with Gasteiger partial charge in [0.15, 0.2) is 11.4 Å². The van der Waals surface area contributed by atoms with Crippen LogP contribution >= 0.6 is 0 Å². The number of anilines is 1. The number of hydrogen-bond donors (Lipinski definition) is 2. The lowest BCUT2D eigenvalue weighted by Crippen LogP contribution is -2.45. The molecule has 2 aromatic carbocycles. The van der Waals surface area contributed by atoms with Crippen LogP contribution in [0.25, 0.3) is 33.4 Å². The predicted octanol–water partition coefficient (Wildman–Crippen LogP) is 7.29. The van der Waals surface area contributed by atoms with E-state index in [1.165, 1.54) is 4.90 Å². The number of rotatable bonds is 5. The number of fused-ring (bicyclic) bond motifs is 1. The van der Waals surface area contributed by atoms with Gasteiger partial charge in [-0.1, -0.05) is 35.5 Å². The minimum atomic E-state index is -0.647. The van der Waals surface area contributed by atoms with Crippen molar-refractivity contribution in [2.24, 2.45) is 0 Å². The largest absolute Gasteiger partial charge is 0.444 e. The van der Waals surface area contributed by atoms with Gasteiger partial charge in [0.1, 0.15) is 23.1 Å². The lowest BCUT2D eigenvalue weighted by Gasteiger charge is -2.27.